The smallest absolute Gasteiger partial charge is 0.337 e. The summed E-state index contributed by atoms with van der Waals surface area (Å²) in [4.78, 5) is 63.8. The summed E-state index contributed by atoms with van der Waals surface area (Å²) in [6.45, 7) is 4.07. The van der Waals surface area contributed by atoms with E-state index in [9.17, 15) is 39.3 Å². The highest BCUT2D eigenvalue weighted by Crippen LogP contribution is 2.26. The maximum atomic E-state index is 13.6. The van der Waals surface area contributed by atoms with Crippen LogP contribution in [0.3, 0.4) is 0 Å². The van der Waals surface area contributed by atoms with Gasteiger partial charge in [-0.1, -0.05) is 75.7 Å². The molecule has 0 unspecified atom stereocenters. The highest BCUT2D eigenvalue weighted by atomic mass is 16.5. The van der Waals surface area contributed by atoms with Crippen LogP contribution in [0.2, 0.25) is 0 Å². The summed E-state index contributed by atoms with van der Waals surface area (Å²) in [5.41, 5.74) is -2.29. The first-order valence-corrected chi connectivity index (χ1v) is 16.8. The number of benzene rings is 1. The van der Waals surface area contributed by atoms with Crippen molar-refractivity contribution in [2.45, 2.75) is 115 Å². The van der Waals surface area contributed by atoms with Crippen molar-refractivity contribution >= 4 is 29.5 Å². The molecule has 2 amide bonds. The fraction of sp³-hybridized carbons (Fsp3) is 0.595. The van der Waals surface area contributed by atoms with Gasteiger partial charge in [-0.2, -0.15) is 0 Å². The Morgan fingerprint density at radius 3 is 2.08 bits per heavy atom. The number of ketones is 1. The molecule has 0 saturated carbocycles. The third-order valence-corrected chi connectivity index (χ3v) is 7.96. The summed E-state index contributed by atoms with van der Waals surface area (Å²) in [6, 6.07) is 5.69. The number of likely N-dealkylation sites (N-methyl/N-ethyl adjacent to an activating group) is 1. The molecule has 266 valence electrons. The molecule has 1 aromatic rings. The monoisotopic (exact) mass is 670 g/mol. The van der Waals surface area contributed by atoms with Gasteiger partial charge in [-0.25, -0.2) is 4.79 Å². The van der Waals surface area contributed by atoms with Gasteiger partial charge >= 0.3 is 11.9 Å². The molecular formula is C37H54N2O9. The molecular weight excluding hydrogens is 616 g/mol. The van der Waals surface area contributed by atoms with E-state index in [0.29, 0.717) is 37.0 Å². The number of hydrogen-bond acceptors (Lipinski definition) is 7. The van der Waals surface area contributed by atoms with Crippen LogP contribution in [-0.2, 0) is 30.4 Å². The molecule has 11 nitrogen and oxygen atoms in total. The normalized spacial score (nSPS) is 13.4. The van der Waals surface area contributed by atoms with Gasteiger partial charge in [0.2, 0.25) is 11.8 Å². The number of carbonyl (C=O) groups excluding carboxylic acids is 3. The van der Waals surface area contributed by atoms with Gasteiger partial charge in [0.05, 0.1) is 12.3 Å². The van der Waals surface area contributed by atoms with Gasteiger partial charge in [-0.3, -0.25) is 19.2 Å². The number of unbranched alkanes of at least 4 members (excludes halogenated alkanes) is 8. The summed E-state index contributed by atoms with van der Waals surface area (Å²) in [5, 5.41) is 32.9. The second kappa shape index (κ2) is 23.2. The molecule has 0 aliphatic heterocycles. The second-order valence-corrected chi connectivity index (χ2v) is 12.2. The van der Waals surface area contributed by atoms with Crippen LogP contribution in [0.25, 0.3) is 0 Å². The maximum absolute atomic E-state index is 13.6. The van der Waals surface area contributed by atoms with E-state index in [1.165, 1.54) is 37.9 Å². The molecule has 0 spiro atoms. The minimum absolute atomic E-state index is 0.0417. The Kier molecular flexibility index (Phi) is 20.2. The van der Waals surface area contributed by atoms with Crippen molar-refractivity contribution in [2.24, 2.45) is 5.92 Å². The molecule has 0 radical (unpaired) electrons. The van der Waals surface area contributed by atoms with E-state index in [0.717, 1.165) is 38.5 Å². The number of aliphatic hydroxyl groups is 1. The summed E-state index contributed by atoms with van der Waals surface area (Å²) >= 11 is 0. The van der Waals surface area contributed by atoms with Gasteiger partial charge in [0.1, 0.15) is 24.2 Å². The van der Waals surface area contributed by atoms with Crippen LogP contribution in [0.1, 0.15) is 103 Å². The van der Waals surface area contributed by atoms with Crippen molar-refractivity contribution in [3.8, 4) is 17.6 Å². The molecule has 3 atom stereocenters. The number of allylic oxidation sites excluding steroid dienone is 1. The number of hydrogen-bond donors (Lipinski definition) is 4. The fourth-order valence-electron chi connectivity index (χ4n) is 5.16. The van der Waals surface area contributed by atoms with Gasteiger partial charge in [-0.15, -0.1) is 5.92 Å². The second-order valence-electron chi connectivity index (χ2n) is 12.2. The van der Waals surface area contributed by atoms with Gasteiger partial charge in [-0.05, 0) is 50.3 Å². The number of nitrogens with one attached hydrogen (secondary N) is 1. The number of carboxylic acid groups (broad SMARTS) is 2. The van der Waals surface area contributed by atoms with Crippen molar-refractivity contribution in [1.82, 2.24) is 10.2 Å². The molecule has 0 bridgehead atoms. The molecule has 0 saturated heterocycles. The number of rotatable bonds is 25. The largest absolute Gasteiger partial charge is 0.481 e. The standard InChI is InChI=1S/C37H54N2O9/c1-5-7-9-12-15-18-29(40)19-16-13-10-11-14-17-20-31(37(47,36(45)46)27-33(41)42)34(43)38-32(35(44)39(3)4)26-28-21-23-30(24-22-28)48-25-8-6-2/h17,20-24,31-32,47H,5,7,9-16,18-19,25-27H2,1-4H3,(H,38,43)(H,41,42)(H,45,46)/b20-17+/t31-,32+,37+/m1/s1. The predicted octanol–water partition coefficient (Wildman–Crippen LogP) is 4.94. The van der Waals surface area contributed by atoms with Crippen molar-refractivity contribution in [2.75, 3.05) is 20.7 Å². The number of ether oxygens (including phenoxy) is 1. The Morgan fingerprint density at radius 1 is 0.938 bits per heavy atom. The highest BCUT2D eigenvalue weighted by molar-refractivity contribution is 5.95. The van der Waals surface area contributed by atoms with E-state index in [4.69, 9.17) is 4.74 Å². The first-order chi connectivity index (χ1) is 22.8. The number of carbonyl (C=O) groups is 5. The number of nitrogens with zero attached hydrogens (tertiary/aromatic N) is 1. The van der Waals surface area contributed by atoms with Crippen molar-refractivity contribution in [1.29, 1.82) is 0 Å². The molecule has 4 N–H and O–H groups in total. The molecule has 0 aromatic heterocycles. The topological polar surface area (TPSA) is 171 Å². The van der Waals surface area contributed by atoms with Crippen LogP contribution < -0.4 is 10.1 Å². The first-order valence-electron chi connectivity index (χ1n) is 16.8. The number of carboxylic acids is 2. The van der Waals surface area contributed by atoms with Gasteiger partial charge in [0.15, 0.2) is 5.60 Å². The van der Waals surface area contributed by atoms with E-state index < -0.39 is 47.7 Å². The maximum Gasteiger partial charge on any atom is 0.337 e. The molecule has 0 aliphatic rings. The molecule has 0 fully saturated rings. The lowest BCUT2D eigenvalue weighted by Gasteiger charge is -2.30. The Bertz CT molecular complexity index is 1260. The average Bonchev–Trinajstić information content (AvgIpc) is 3.03. The van der Waals surface area contributed by atoms with Crippen LogP contribution in [0.4, 0.5) is 0 Å². The summed E-state index contributed by atoms with van der Waals surface area (Å²) < 4.78 is 5.51. The lowest BCUT2D eigenvalue weighted by atomic mass is 9.82. The number of amides is 2. The zero-order valence-electron chi connectivity index (χ0n) is 29.0. The van der Waals surface area contributed by atoms with Crippen molar-refractivity contribution in [3.05, 3.63) is 42.0 Å². The van der Waals surface area contributed by atoms with E-state index >= 15 is 0 Å². The van der Waals surface area contributed by atoms with Crippen LogP contribution in [0.5, 0.6) is 5.75 Å². The zero-order chi connectivity index (χ0) is 36.0. The summed E-state index contributed by atoms with van der Waals surface area (Å²) in [7, 11) is 3.01. The zero-order valence-corrected chi connectivity index (χ0v) is 29.0. The third kappa shape index (κ3) is 16.1. The molecule has 11 heteroatoms. The minimum atomic E-state index is -2.96. The highest BCUT2D eigenvalue weighted by Gasteiger charge is 2.49. The van der Waals surface area contributed by atoms with E-state index in [1.54, 1.807) is 37.3 Å². The van der Waals surface area contributed by atoms with Gasteiger partial charge < -0.3 is 30.3 Å². The molecule has 0 heterocycles. The Labute approximate surface area is 285 Å². The molecule has 48 heavy (non-hydrogen) atoms. The Hall–Kier alpha value is -4.17. The first kappa shape index (κ1) is 41.9. The minimum Gasteiger partial charge on any atom is -0.481 e. The van der Waals surface area contributed by atoms with Crippen LogP contribution >= 0.6 is 0 Å². The van der Waals surface area contributed by atoms with Crippen molar-refractivity contribution in [3.63, 3.8) is 0 Å². The van der Waals surface area contributed by atoms with Gasteiger partial charge in [0, 0.05) is 33.4 Å². The van der Waals surface area contributed by atoms with E-state index in [-0.39, 0.29) is 18.8 Å². The SMILES string of the molecule is CC#CCOc1ccc(C[C@H](NC(=O)[C@@H](/C=C/CCCCCCC(=O)CCCCCCC)[C@@](O)(CC(=O)O)C(=O)O)C(=O)N(C)C)cc1. The summed E-state index contributed by atoms with van der Waals surface area (Å²) in [6.07, 6.45) is 11.8. The fourth-order valence-corrected chi connectivity index (χ4v) is 5.16. The Balaban J connectivity index is 2.95. The summed E-state index contributed by atoms with van der Waals surface area (Å²) in [5.74, 6) is -0.376. The van der Waals surface area contributed by atoms with Gasteiger partial charge in [0.25, 0.3) is 0 Å². The van der Waals surface area contributed by atoms with Crippen molar-refractivity contribution < 1.29 is 44.0 Å². The predicted molar refractivity (Wildman–Crippen MR) is 183 cm³/mol. The Morgan fingerprint density at radius 2 is 1.54 bits per heavy atom. The third-order valence-electron chi connectivity index (χ3n) is 7.96. The molecule has 0 aliphatic carbocycles. The molecule has 1 aromatic carbocycles. The van der Waals surface area contributed by atoms with E-state index in [2.05, 4.69) is 24.1 Å². The lowest BCUT2D eigenvalue weighted by molar-refractivity contribution is -0.172. The lowest BCUT2D eigenvalue weighted by Crippen LogP contribution is -2.56. The van der Waals surface area contributed by atoms with Crippen LogP contribution in [-0.4, -0.2) is 82.1 Å². The van der Waals surface area contributed by atoms with E-state index in [1.807, 2.05) is 0 Å². The quantitative estimate of drug-likeness (QED) is 0.0639. The molecule has 1 rings (SSSR count). The van der Waals surface area contributed by atoms with Crippen LogP contribution in [0.15, 0.2) is 36.4 Å². The average molecular weight is 671 g/mol. The number of Topliss-reactive ketones (excluding diaryl/α,β-unsaturated/α-hetero) is 1. The van der Waals surface area contributed by atoms with Crippen LogP contribution in [0, 0.1) is 17.8 Å². The number of aliphatic carboxylic acids is 2.